The van der Waals surface area contributed by atoms with Gasteiger partial charge in [-0.1, -0.05) is 11.6 Å². The fraction of sp³-hybridized carbons (Fsp3) is 0.235. The number of hydrogen-bond acceptors (Lipinski definition) is 8. The van der Waals surface area contributed by atoms with Gasteiger partial charge in [0.2, 0.25) is 11.8 Å². The van der Waals surface area contributed by atoms with Crippen LogP contribution in [0, 0.1) is 0 Å². The highest BCUT2D eigenvalue weighted by molar-refractivity contribution is 6.33. The smallest absolute Gasteiger partial charge is 0.417 e. The summed E-state index contributed by atoms with van der Waals surface area (Å²) in [5.41, 5.74) is -0.449. The van der Waals surface area contributed by atoms with Crippen LogP contribution in [0.2, 0.25) is 5.02 Å². The number of amides is 2. The van der Waals surface area contributed by atoms with Gasteiger partial charge in [0.15, 0.2) is 0 Å². The van der Waals surface area contributed by atoms with Gasteiger partial charge in [-0.3, -0.25) is 5.32 Å². The molecule has 0 saturated carbocycles. The number of nitrogens with one attached hydrogen (secondary N) is 3. The van der Waals surface area contributed by atoms with Crippen molar-refractivity contribution in [1.29, 1.82) is 0 Å². The number of alkyl halides is 3. The van der Waals surface area contributed by atoms with E-state index in [1.807, 2.05) is 0 Å². The third kappa shape index (κ3) is 6.02. The molecule has 3 rings (SSSR count). The Labute approximate surface area is 177 Å². The maximum Gasteiger partial charge on any atom is 0.417 e. The molecule has 0 aliphatic heterocycles. The number of rotatable bonds is 7. The summed E-state index contributed by atoms with van der Waals surface area (Å²) >= 11 is 6.16. The quantitative estimate of drug-likeness (QED) is 0.397. The van der Waals surface area contributed by atoms with E-state index in [1.54, 1.807) is 6.07 Å². The number of urea groups is 1. The molecule has 0 saturated heterocycles. The number of aromatic nitrogens is 4. The van der Waals surface area contributed by atoms with E-state index < -0.39 is 17.8 Å². The zero-order chi connectivity index (χ0) is 22.4. The number of carbonyl (C=O) groups excluding carboxylic acids is 1. The van der Waals surface area contributed by atoms with Crippen LogP contribution in [0.4, 0.5) is 29.6 Å². The van der Waals surface area contributed by atoms with Crippen LogP contribution in [0.3, 0.4) is 0 Å². The van der Waals surface area contributed by atoms with Crippen molar-refractivity contribution in [2.24, 2.45) is 0 Å². The van der Waals surface area contributed by atoms with Crippen LogP contribution in [-0.2, 0) is 12.8 Å². The molecular formula is C17H15ClF3N7O3. The maximum atomic E-state index is 12.5. The normalized spacial score (nSPS) is 11.3. The lowest BCUT2D eigenvalue weighted by molar-refractivity contribution is -0.137. The number of aliphatic hydroxyl groups excluding tert-OH is 1. The molecule has 10 nitrogen and oxygen atoms in total. The summed E-state index contributed by atoms with van der Waals surface area (Å²) < 4.78 is 42.7. The van der Waals surface area contributed by atoms with Crippen molar-refractivity contribution in [3.05, 3.63) is 47.1 Å². The van der Waals surface area contributed by atoms with Crippen LogP contribution in [0.1, 0.15) is 11.5 Å². The lowest BCUT2D eigenvalue weighted by atomic mass is 10.3. The van der Waals surface area contributed by atoms with E-state index in [1.165, 1.54) is 6.20 Å². The molecule has 3 aromatic heterocycles. The standard InChI is InChI=1S/C17H15ClF3N7O3/c18-11-5-9(15-28-27-13(8-29)31-15)6-25-14(11)22-3-4-23-16(30)26-12-2-1-10(7-24-12)17(19,20)21/h1-2,5-7,29H,3-4,8H2,(H,22,25)(H2,23,24,26,30). The van der Waals surface area contributed by atoms with Crippen molar-refractivity contribution in [1.82, 2.24) is 25.5 Å². The molecule has 0 radical (unpaired) electrons. The molecule has 0 unspecified atom stereocenters. The molecular weight excluding hydrogens is 443 g/mol. The number of pyridine rings is 2. The minimum Gasteiger partial charge on any atom is -0.418 e. The Morgan fingerprint density at radius 2 is 1.97 bits per heavy atom. The summed E-state index contributed by atoms with van der Waals surface area (Å²) in [4.78, 5) is 19.5. The molecule has 31 heavy (non-hydrogen) atoms. The SMILES string of the molecule is O=C(NCCNc1ncc(-c2nnc(CO)o2)cc1Cl)Nc1ccc(C(F)(F)F)cn1. The maximum absolute atomic E-state index is 12.5. The summed E-state index contributed by atoms with van der Waals surface area (Å²) in [6.45, 7) is 0.0359. The second-order valence-corrected chi connectivity index (χ2v) is 6.36. The van der Waals surface area contributed by atoms with Crippen LogP contribution in [0.5, 0.6) is 0 Å². The van der Waals surface area contributed by atoms with Gasteiger partial charge in [0.05, 0.1) is 16.1 Å². The number of halogens is 4. The molecule has 0 aromatic carbocycles. The highest BCUT2D eigenvalue weighted by Crippen LogP contribution is 2.29. The molecule has 164 valence electrons. The molecule has 4 N–H and O–H groups in total. The Hall–Kier alpha value is -3.45. The number of aliphatic hydroxyl groups is 1. The van der Waals surface area contributed by atoms with Gasteiger partial charge < -0.3 is 20.2 Å². The van der Waals surface area contributed by atoms with Crippen molar-refractivity contribution in [3.63, 3.8) is 0 Å². The average Bonchev–Trinajstić information content (AvgIpc) is 3.21. The van der Waals surface area contributed by atoms with Gasteiger partial charge >= 0.3 is 12.2 Å². The molecule has 0 aliphatic carbocycles. The van der Waals surface area contributed by atoms with Crippen LogP contribution in [-0.4, -0.2) is 44.4 Å². The Balaban J connectivity index is 1.45. The molecule has 3 heterocycles. The molecule has 0 spiro atoms. The Kier molecular flexibility index (Phi) is 6.87. The second kappa shape index (κ2) is 9.57. The number of anilines is 2. The first kappa shape index (κ1) is 22.2. The summed E-state index contributed by atoms with van der Waals surface area (Å²) in [7, 11) is 0. The van der Waals surface area contributed by atoms with E-state index in [4.69, 9.17) is 21.1 Å². The van der Waals surface area contributed by atoms with Gasteiger partial charge in [-0.05, 0) is 18.2 Å². The number of hydrogen-bond donors (Lipinski definition) is 4. The number of nitrogens with zero attached hydrogens (tertiary/aromatic N) is 4. The Morgan fingerprint density at radius 3 is 2.58 bits per heavy atom. The van der Waals surface area contributed by atoms with E-state index in [0.717, 1.165) is 12.1 Å². The lowest BCUT2D eigenvalue weighted by Crippen LogP contribution is -2.33. The first-order chi connectivity index (χ1) is 14.8. The third-order valence-electron chi connectivity index (χ3n) is 3.73. The predicted molar refractivity (Wildman–Crippen MR) is 103 cm³/mol. The fourth-order valence-corrected chi connectivity index (χ4v) is 2.51. The van der Waals surface area contributed by atoms with Gasteiger partial charge in [-0.25, -0.2) is 14.8 Å². The molecule has 0 bridgehead atoms. The van der Waals surface area contributed by atoms with Crippen molar-refractivity contribution in [2.75, 3.05) is 23.7 Å². The summed E-state index contributed by atoms with van der Waals surface area (Å²) in [5, 5.41) is 24.4. The lowest BCUT2D eigenvalue weighted by Gasteiger charge is -2.10. The van der Waals surface area contributed by atoms with Gasteiger partial charge in [-0.2, -0.15) is 13.2 Å². The summed E-state index contributed by atoms with van der Waals surface area (Å²) in [5.74, 6) is 0.535. The zero-order valence-electron chi connectivity index (χ0n) is 15.6. The van der Waals surface area contributed by atoms with Crippen LogP contribution in [0.15, 0.2) is 35.0 Å². The van der Waals surface area contributed by atoms with Gasteiger partial charge in [0.25, 0.3) is 0 Å². The van der Waals surface area contributed by atoms with Crippen molar-refractivity contribution < 1.29 is 27.5 Å². The van der Waals surface area contributed by atoms with E-state index in [9.17, 15) is 18.0 Å². The first-order valence-corrected chi connectivity index (χ1v) is 9.05. The minimum absolute atomic E-state index is 0.0239. The minimum atomic E-state index is -4.50. The zero-order valence-corrected chi connectivity index (χ0v) is 16.3. The topological polar surface area (TPSA) is 138 Å². The predicted octanol–water partition coefficient (Wildman–Crippen LogP) is 2.92. The van der Waals surface area contributed by atoms with Crippen LogP contribution >= 0.6 is 11.6 Å². The molecule has 14 heteroatoms. The van der Waals surface area contributed by atoms with Gasteiger partial charge in [0.1, 0.15) is 18.2 Å². The van der Waals surface area contributed by atoms with E-state index in [0.29, 0.717) is 17.6 Å². The second-order valence-electron chi connectivity index (χ2n) is 5.95. The van der Waals surface area contributed by atoms with E-state index in [-0.39, 0.29) is 42.3 Å². The van der Waals surface area contributed by atoms with Gasteiger partial charge in [0, 0.05) is 25.5 Å². The van der Waals surface area contributed by atoms with Crippen LogP contribution < -0.4 is 16.0 Å². The van der Waals surface area contributed by atoms with Gasteiger partial charge in [-0.15, -0.1) is 10.2 Å². The summed E-state index contributed by atoms with van der Waals surface area (Å²) in [6.07, 6.45) is -2.42. The number of carbonyl (C=O) groups is 1. The van der Waals surface area contributed by atoms with Crippen molar-refractivity contribution in [2.45, 2.75) is 12.8 Å². The highest BCUT2D eigenvalue weighted by Gasteiger charge is 2.30. The van der Waals surface area contributed by atoms with E-state index >= 15 is 0 Å². The molecule has 0 atom stereocenters. The van der Waals surface area contributed by atoms with Crippen molar-refractivity contribution in [3.8, 4) is 11.5 Å². The summed E-state index contributed by atoms with van der Waals surface area (Å²) in [6, 6.07) is 2.78. The average molecular weight is 458 g/mol. The third-order valence-corrected chi connectivity index (χ3v) is 4.01. The monoisotopic (exact) mass is 457 g/mol. The highest BCUT2D eigenvalue weighted by atomic mass is 35.5. The Bertz CT molecular complexity index is 1040. The van der Waals surface area contributed by atoms with E-state index in [2.05, 4.69) is 36.1 Å². The Morgan fingerprint density at radius 1 is 1.16 bits per heavy atom. The molecule has 2 amide bonds. The molecule has 3 aromatic rings. The largest absolute Gasteiger partial charge is 0.418 e. The molecule has 0 aliphatic rings. The van der Waals surface area contributed by atoms with Crippen LogP contribution in [0.25, 0.3) is 11.5 Å². The molecule has 0 fully saturated rings. The fourth-order valence-electron chi connectivity index (χ4n) is 2.27. The first-order valence-electron chi connectivity index (χ1n) is 8.67. The van der Waals surface area contributed by atoms with Crippen molar-refractivity contribution >= 4 is 29.3 Å².